The summed E-state index contributed by atoms with van der Waals surface area (Å²) < 4.78 is 11.4. The first-order chi connectivity index (χ1) is 8.72. The average molecular weight is 310 g/mol. The molecule has 0 aliphatic carbocycles. The lowest BCUT2D eigenvalue weighted by atomic mass is 10.3. The van der Waals surface area contributed by atoms with Crippen molar-refractivity contribution in [1.29, 1.82) is 0 Å². The summed E-state index contributed by atoms with van der Waals surface area (Å²) in [5.74, 6) is 1.37. The van der Waals surface area contributed by atoms with Crippen LogP contribution in [0.15, 0.2) is 35.1 Å². The first kappa shape index (κ1) is 12.8. The minimum atomic E-state index is 0.276. The second kappa shape index (κ2) is 5.79. The highest BCUT2D eigenvalue weighted by atomic mass is 79.9. The SMILES string of the molecule is COc1ccc(Oc2ncc(CN)cn2)c(Br)c1. The molecule has 0 atom stereocenters. The van der Waals surface area contributed by atoms with Crippen LogP contribution in [-0.4, -0.2) is 17.1 Å². The van der Waals surface area contributed by atoms with Crippen LogP contribution < -0.4 is 15.2 Å². The molecule has 0 aliphatic rings. The Morgan fingerprint density at radius 3 is 2.56 bits per heavy atom. The number of nitrogens with two attached hydrogens (primary N) is 1. The van der Waals surface area contributed by atoms with Gasteiger partial charge in [-0.2, -0.15) is 0 Å². The minimum Gasteiger partial charge on any atom is -0.497 e. The van der Waals surface area contributed by atoms with Crippen molar-refractivity contribution < 1.29 is 9.47 Å². The maximum atomic E-state index is 5.54. The summed E-state index contributed by atoms with van der Waals surface area (Å²) >= 11 is 3.39. The Morgan fingerprint density at radius 2 is 2.00 bits per heavy atom. The van der Waals surface area contributed by atoms with Crippen LogP contribution in [0.25, 0.3) is 0 Å². The Morgan fingerprint density at radius 1 is 1.28 bits per heavy atom. The molecule has 0 aliphatic heterocycles. The van der Waals surface area contributed by atoms with Crippen molar-refractivity contribution in [1.82, 2.24) is 9.97 Å². The predicted octanol–water partition coefficient (Wildman–Crippen LogP) is 2.50. The number of halogens is 1. The molecule has 5 nitrogen and oxygen atoms in total. The standard InChI is InChI=1S/C12H12BrN3O2/c1-17-9-2-3-11(10(13)4-9)18-12-15-6-8(5-14)7-16-12/h2-4,6-7H,5,14H2,1H3. The number of aromatic nitrogens is 2. The average Bonchev–Trinajstić information content (AvgIpc) is 2.42. The third kappa shape index (κ3) is 2.96. The van der Waals surface area contributed by atoms with E-state index in [-0.39, 0.29) is 6.01 Å². The number of hydrogen-bond acceptors (Lipinski definition) is 5. The Bertz CT molecular complexity index is 531. The Balaban J connectivity index is 2.17. The zero-order chi connectivity index (χ0) is 13.0. The summed E-state index contributed by atoms with van der Waals surface area (Å²) in [4.78, 5) is 8.13. The van der Waals surface area contributed by atoms with Crippen molar-refractivity contribution >= 4 is 15.9 Å². The summed E-state index contributed by atoms with van der Waals surface area (Å²) in [6.07, 6.45) is 3.28. The van der Waals surface area contributed by atoms with E-state index < -0.39 is 0 Å². The molecule has 2 rings (SSSR count). The highest BCUT2D eigenvalue weighted by Crippen LogP contribution is 2.31. The van der Waals surface area contributed by atoms with Gasteiger partial charge >= 0.3 is 6.01 Å². The van der Waals surface area contributed by atoms with Gasteiger partial charge in [0.15, 0.2) is 0 Å². The summed E-state index contributed by atoms with van der Waals surface area (Å²) in [5.41, 5.74) is 6.32. The fourth-order valence-electron chi connectivity index (χ4n) is 1.29. The molecule has 0 fully saturated rings. The molecule has 2 N–H and O–H groups in total. The molecule has 2 aromatic rings. The molecule has 0 amide bonds. The van der Waals surface area contributed by atoms with E-state index in [1.807, 2.05) is 6.07 Å². The lowest BCUT2D eigenvalue weighted by molar-refractivity contribution is 0.409. The topological polar surface area (TPSA) is 70.3 Å². The summed E-state index contributed by atoms with van der Waals surface area (Å²) in [5, 5.41) is 0. The number of ether oxygens (including phenoxy) is 2. The Labute approximate surface area is 113 Å². The van der Waals surface area contributed by atoms with Crippen molar-refractivity contribution in [2.75, 3.05) is 7.11 Å². The number of methoxy groups -OCH3 is 1. The number of benzene rings is 1. The van der Waals surface area contributed by atoms with Crippen LogP contribution in [-0.2, 0) is 6.54 Å². The molecule has 6 heteroatoms. The second-order valence-corrected chi connectivity index (χ2v) is 4.33. The van der Waals surface area contributed by atoms with Gasteiger partial charge in [0, 0.05) is 24.5 Å². The molecular formula is C12H12BrN3O2. The smallest absolute Gasteiger partial charge is 0.321 e. The van der Waals surface area contributed by atoms with E-state index in [9.17, 15) is 0 Å². The van der Waals surface area contributed by atoms with Gasteiger partial charge in [-0.1, -0.05) is 0 Å². The van der Waals surface area contributed by atoms with E-state index in [0.29, 0.717) is 12.3 Å². The number of hydrogen-bond donors (Lipinski definition) is 1. The second-order valence-electron chi connectivity index (χ2n) is 3.48. The maximum Gasteiger partial charge on any atom is 0.321 e. The van der Waals surface area contributed by atoms with Gasteiger partial charge < -0.3 is 15.2 Å². The van der Waals surface area contributed by atoms with E-state index in [1.54, 1.807) is 31.6 Å². The molecule has 0 unspecified atom stereocenters. The molecule has 1 aromatic heterocycles. The summed E-state index contributed by atoms with van der Waals surface area (Å²) in [6, 6.07) is 5.67. The van der Waals surface area contributed by atoms with E-state index in [4.69, 9.17) is 15.2 Å². The lowest BCUT2D eigenvalue weighted by Gasteiger charge is -2.07. The van der Waals surface area contributed by atoms with Gasteiger partial charge in [0.05, 0.1) is 11.6 Å². The summed E-state index contributed by atoms with van der Waals surface area (Å²) in [6.45, 7) is 0.409. The van der Waals surface area contributed by atoms with Crippen LogP contribution in [0.1, 0.15) is 5.56 Å². The predicted molar refractivity (Wildman–Crippen MR) is 70.7 cm³/mol. The van der Waals surface area contributed by atoms with Crippen molar-refractivity contribution in [3.8, 4) is 17.5 Å². The molecular weight excluding hydrogens is 298 g/mol. The molecule has 0 spiro atoms. The van der Waals surface area contributed by atoms with E-state index >= 15 is 0 Å². The lowest BCUT2D eigenvalue weighted by Crippen LogP contribution is -1.99. The van der Waals surface area contributed by atoms with E-state index in [1.165, 1.54) is 0 Å². The highest BCUT2D eigenvalue weighted by molar-refractivity contribution is 9.10. The quantitative estimate of drug-likeness (QED) is 0.939. The summed E-state index contributed by atoms with van der Waals surface area (Å²) in [7, 11) is 1.61. The van der Waals surface area contributed by atoms with Crippen molar-refractivity contribution in [3.05, 3.63) is 40.6 Å². The minimum absolute atomic E-state index is 0.276. The van der Waals surface area contributed by atoms with Crippen LogP contribution in [0.2, 0.25) is 0 Å². The number of rotatable bonds is 4. The molecule has 1 heterocycles. The van der Waals surface area contributed by atoms with Gasteiger partial charge in [0.25, 0.3) is 0 Å². The van der Waals surface area contributed by atoms with E-state index in [2.05, 4.69) is 25.9 Å². The zero-order valence-electron chi connectivity index (χ0n) is 9.76. The zero-order valence-corrected chi connectivity index (χ0v) is 11.3. The van der Waals surface area contributed by atoms with Gasteiger partial charge in [0.2, 0.25) is 0 Å². The first-order valence-corrected chi connectivity index (χ1v) is 6.04. The maximum absolute atomic E-state index is 5.54. The fraction of sp³-hybridized carbons (Fsp3) is 0.167. The molecule has 0 bridgehead atoms. The molecule has 18 heavy (non-hydrogen) atoms. The molecule has 94 valence electrons. The highest BCUT2D eigenvalue weighted by Gasteiger charge is 2.06. The third-order valence-electron chi connectivity index (χ3n) is 2.26. The van der Waals surface area contributed by atoms with Crippen molar-refractivity contribution in [2.45, 2.75) is 6.54 Å². The molecule has 1 aromatic carbocycles. The first-order valence-electron chi connectivity index (χ1n) is 5.25. The van der Waals surface area contributed by atoms with Crippen LogP contribution in [0.3, 0.4) is 0 Å². The van der Waals surface area contributed by atoms with Gasteiger partial charge in [-0.3, -0.25) is 0 Å². The fourth-order valence-corrected chi connectivity index (χ4v) is 1.73. The Kier molecular flexibility index (Phi) is 4.11. The van der Waals surface area contributed by atoms with Crippen LogP contribution in [0, 0.1) is 0 Å². The van der Waals surface area contributed by atoms with Gasteiger partial charge in [-0.25, -0.2) is 9.97 Å². The third-order valence-corrected chi connectivity index (χ3v) is 2.88. The van der Waals surface area contributed by atoms with Gasteiger partial charge in [-0.05, 0) is 34.1 Å². The van der Waals surface area contributed by atoms with E-state index in [0.717, 1.165) is 15.8 Å². The molecule has 0 saturated heterocycles. The Hall–Kier alpha value is -1.66. The largest absolute Gasteiger partial charge is 0.497 e. The molecule has 0 saturated carbocycles. The van der Waals surface area contributed by atoms with Gasteiger partial charge in [0.1, 0.15) is 11.5 Å². The van der Waals surface area contributed by atoms with Crippen molar-refractivity contribution in [3.63, 3.8) is 0 Å². The number of nitrogens with zero attached hydrogens (tertiary/aromatic N) is 2. The van der Waals surface area contributed by atoms with Crippen LogP contribution in [0.5, 0.6) is 17.5 Å². The monoisotopic (exact) mass is 309 g/mol. The normalized spacial score (nSPS) is 10.2. The van der Waals surface area contributed by atoms with Crippen molar-refractivity contribution in [2.24, 2.45) is 5.73 Å². The van der Waals surface area contributed by atoms with Crippen LogP contribution in [0.4, 0.5) is 0 Å². The molecule has 0 radical (unpaired) electrons. The van der Waals surface area contributed by atoms with Gasteiger partial charge in [-0.15, -0.1) is 0 Å². The van der Waals surface area contributed by atoms with Crippen LogP contribution >= 0.6 is 15.9 Å².